The fourth-order valence-electron chi connectivity index (χ4n) is 2.99. The van der Waals surface area contributed by atoms with Crippen molar-refractivity contribution in [1.29, 1.82) is 0 Å². The number of halogens is 4. The summed E-state index contributed by atoms with van der Waals surface area (Å²) in [6.45, 7) is -0.0296. The number of anilines is 1. The topological polar surface area (TPSA) is 59.8 Å². The van der Waals surface area contributed by atoms with E-state index in [0.717, 1.165) is 6.07 Å². The SMILES string of the molecule is [2H]C([2H])([2H])n1c(=O)c(Br)cc2c(N[C@H](C#C)c3cccc(C(F)(F)F)c3C)nc(C)nc21. The van der Waals surface area contributed by atoms with Crippen molar-refractivity contribution in [2.45, 2.75) is 26.1 Å². The zero-order chi connectivity index (χ0) is 24.0. The predicted octanol–water partition coefficient (Wildman–Crippen LogP) is 4.51. The molecular weight excluding hydrogens is 449 g/mol. The van der Waals surface area contributed by atoms with Crippen LogP contribution in [0.5, 0.6) is 0 Å². The largest absolute Gasteiger partial charge is 0.416 e. The van der Waals surface area contributed by atoms with Crippen LogP contribution in [-0.4, -0.2) is 14.5 Å². The molecule has 0 aliphatic heterocycles. The van der Waals surface area contributed by atoms with Gasteiger partial charge in [0.2, 0.25) is 0 Å². The molecule has 0 unspecified atom stereocenters. The minimum atomic E-state index is -4.56. The molecule has 3 aromatic rings. The van der Waals surface area contributed by atoms with Gasteiger partial charge in [0.15, 0.2) is 0 Å². The summed E-state index contributed by atoms with van der Waals surface area (Å²) in [5.74, 6) is 2.62. The van der Waals surface area contributed by atoms with E-state index >= 15 is 0 Å². The Kier molecular flexibility index (Phi) is 4.42. The van der Waals surface area contributed by atoms with E-state index in [4.69, 9.17) is 10.5 Å². The molecule has 0 aliphatic carbocycles. The molecule has 5 nitrogen and oxygen atoms in total. The van der Waals surface area contributed by atoms with Gasteiger partial charge in [-0.05, 0) is 53.0 Å². The van der Waals surface area contributed by atoms with Crippen LogP contribution in [0.1, 0.15) is 32.7 Å². The number of nitrogens with one attached hydrogen (secondary N) is 1. The third-order valence-corrected chi connectivity index (χ3v) is 4.94. The second-order valence-corrected chi connectivity index (χ2v) is 7.11. The van der Waals surface area contributed by atoms with Crippen LogP contribution in [0.2, 0.25) is 0 Å². The number of alkyl halides is 3. The summed E-state index contributed by atoms with van der Waals surface area (Å²) in [4.78, 5) is 20.8. The van der Waals surface area contributed by atoms with Gasteiger partial charge in [0.1, 0.15) is 23.3 Å². The molecule has 9 heteroatoms. The third kappa shape index (κ3) is 3.85. The molecule has 0 fully saturated rings. The Balaban J connectivity index is 2.23. The average Bonchev–Trinajstić information content (AvgIpc) is 2.66. The van der Waals surface area contributed by atoms with Crippen molar-refractivity contribution in [1.82, 2.24) is 14.5 Å². The molecule has 0 saturated carbocycles. The summed E-state index contributed by atoms with van der Waals surface area (Å²) in [6, 6.07) is 3.99. The fourth-order valence-corrected chi connectivity index (χ4v) is 3.40. The van der Waals surface area contributed by atoms with Crippen LogP contribution in [0.25, 0.3) is 11.0 Å². The average molecular weight is 468 g/mol. The maximum absolute atomic E-state index is 13.3. The molecule has 1 aromatic carbocycles. The number of nitrogens with zero attached hydrogens (tertiary/aromatic N) is 3. The van der Waals surface area contributed by atoms with Crippen molar-refractivity contribution in [2.24, 2.45) is 6.98 Å². The summed E-state index contributed by atoms with van der Waals surface area (Å²) in [5.41, 5.74) is -1.64. The van der Waals surface area contributed by atoms with E-state index in [2.05, 4.69) is 37.1 Å². The standard InChI is InChI=1S/C20H16BrF3N4O/c1-5-16(12-7-6-8-14(10(12)2)20(22,23)24)27-17-13-9-15(21)19(29)28(4)18(13)26-11(3)25-17/h1,6-9,16H,2-4H3,(H,25,26,27)/t16-/m1/s1/i4D3. The highest BCUT2D eigenvalue weighted by Crippen LogP contribution is 2.35. The summed E-state index contributed by atoms with van der Waals surface area (Å²) >= 11 is 3.05. The molecule has 0 aliphatic rings. The molecule has 0 amide bonds. The van der Waals surface area contributed by atoms with Crippen LogP contribution in [-0.2, 0) is 13.2 Å². The Morgan fingerprint density at radius 2 is 2.07 bits per heavy atom. The number of aryl methyl sites for hydroxylation is 2. The molecule has 0 bridgehead atoms. The van der Waals surface area contributed by atoms with Crippen LogP contribution in [0.3, 0.4) is 0 Å². The molecule has 29 heavy (non-hydrogen) atoms. The second kappa shape index (κ2) is 7.52. The second-order valence-electron chi connectivity index (χ2n) is 6.25. The van der Waals surface area contributed by atoms with Gasteiger partial charge in [-0.25, -0.2) is 9.97 Å². The Morgan fingerprint density at radius 3 is 2.69 bits per heavy atom. The van der Waals surface area contributed by atoms with Crippen molar-refractivity contribution in [3.8, 4) is 12.3 Å². The number of rotatable bonds is 3. The van der Waals surface area contributed by atoms with Gasteiger partial charge in [-0.2, -0.15) is 13.2 Å². The monoisotopic (exact) mass is 467 g/mol. The van der Waals surface area contributed by atoms with Gasteiger partial charge in [-0.1, -0.05) is 18.1 Å². The molecule has 1 atom stereocenters. The summed E-state index contributed by atoms with van der Waals surface area (Å²) in [7, 11) is 0. The summed E-state index contributed by atoms with van der Waals surface area (Å²) < 4.78 is 63.6. The number of benzene rings is 1. The molecule has 2 heterocycles. The number of terminal acetylenes is 1. The first kappa shape index (κ1) is 17.0. The van der Waals surface area contributed by atoms with Crippen molar-refractivity contribution in [3.05, 3.63) is 61.6 Å². The smallest absolute Gasteiger partial charge is 0.352 e. The van der Waals surface area contributed by atoms with Crippen molar-refractivity contribution < 1.29 is 17.3 Å². The van der Waals surface area contributed by atoms with Crippen molar-refractivity contribution >= 4 is 32.8 Å². The first-order chi connectivity index (χ1) is 14.8. The lowest BCUT2D eigenvalue weighted by molar-refractivity contribution is -0.138. The Labute approximate surface area is 177 Å². The Morgan fingerprint density at radius 1 is 1.34 bits per heavy atom. The van der Waals surface area contributed by atoms with Crippen LogP contribution >= 0.6 is 15.9 Å². The van der Waals surface area contributed by atoms with Gasteiger partial charge in [0, 0.05) is 11.1 Å². The number of hydrogen-bond acceptors (Lipinski definition) is 4. The van der Waals surface area contributed by atoms with E-state index in [1.165, 1.54) is 32.0 Å². The number of hydrogen-bond donors (Lipinski definition) is 1. The first-order valence-electron chi connectivity index (χ1n) is 9.75. The zero-order valence-corrected chi connectivity index (χ0v) is 16.8. The number of aromatic nitrogens is 3. The predicted molar refractivity (Wildman–Crippen MR) is 109 cm³/mol. The van der Waals surface area contributed by atoms with E-state index in [-0.39, 0.29) is 38.3 Å². The minimum Gasteiger partial charge on any atom is -0.352 e. The van der Waals surface area contributed by atoms with E-state index in [1.54, 1.807) is 0 Å². The highest BCUT2D eigenvalue weighted by molar-refractivity contribution is 9.10. The quantitative estimate of drug-likeness (QED) is 0.575. The lowest BCUT2D eigenvalue weighted by Gasteiger charge is -2.20. The summed E-state index contributed by atoms with van der Waals surface area (Å²) in [5, 5.41) is 3.05. The van der Waals surface area contributed by atoms with E-state index in [1.807, 2.05) is 0 Å². The van der Waals surface area contributed by atoms with Gasteiger partial charge in [-0.15, -0.1) is 6.42 Å². The maximum Gasteiger partial charge on any atom is 0.416 e. The lowest BCUT2D eigenvalue weighted by Crippen LogP contribution is -2.20. The highest BCUT2D eigenvalue weighted by Gasteiger charge is 2.33. The van der Waals surface area contributed by atoms with Crippen LogP contribution in [0.15, 0.2) is 33.5 Å². The summed E-state index contributed by atoms with van der Waals surface area (Å²) in [6.07, 6.45) is 1.07. The molecule has 0 saturated heterocycles. The lowest BCUT2D eigenvalue weighted by atomic mass is 9.96. The zero-order valence-electron chi connectivity index (χ0n) is 18.2. The number of fused-ring (bicyclic) bond motifs is 1. The molecule has 1 N–H and O–H groups in total. The van der Waals surface area contributed by atoms with Gasteiger partial charge in [0.25, 0.3) is 5.56 Å². The Bertz CT molecular complexity index is 1310. The molecule has 2 aromatic heterocycles. The molecule has 3 rings (SSSR count). The van der Waals surface area contributed by atoms with E-state index in [9.17, 15) is 18.0 Å². The van der Waals surface area contributed by atoms with Crippen LogP contribution in [0.4, 0.5) is 19.0 Å². The first-order valence-corrected chi connectivity index (χ1v) is 9.04. The van der Waals surface area contributed by atoms with Crippen molar-refractivity contribution in [3.63, 3.8) is 0 Å². The maximum atomic E-state index is 13.3. The molecule has 150 valence electrons. The molecule has 0 spiro atoms. The third-order valence-electron chi connectivity index (χ3n) is 4.37. The van der Waals surface area contributed by atoms with Crippen molar-refractivity contribution in [2.75, 3.05) is 5.32 Å². The van der Waals surface area contributed by atoms with Crippen LogP contribution in [0, 0.1) is 26.2 Å². The Hall–Kier alpha value is -2.86. The fraction of sp³-hybridized carbons (Fsp3) is 0.250. The molecule has 0 radical (unpaired) electrons. The van der Waals surface area contributed by atoms with Gasteiger partial charge in [0.05, 0.1) is 15.4 Å². The van der Waals surface area contributed by atoms with Gasteiger partial charge in [-0.3, -0.25) is 9.36 Å². The van der Waals surface area contributed by atoms with E-state index in [0.29, 0.717) is 4.57 Å². The van der Waals surface area contributed by atoms with Gasteiger partial charge >= 0.3 is 6.18 Å². The highest BCUT2D eigenvalue weighted by atomic mass is 79.9. The number of pyridine rings is 1. The van der Waals surface area contributed by atoms with E-state index < -0.39 is 30.3 Å². The van der Waals surface area contributed by atoms with Gasteiger partial charge < -0.3 is 5.32 Å². The minimum absolute atomic E-state index is 0.0499. The van der Waals surface area contributed by atoms with Crippen LogP contribution < -0.4 is 10.9 Å². The molecular formula is C20H16BrF3N4O. The normalized spacial score (nSPS) is 14.6.